The highest BCUT2D eigenvalue weighted by atomic mass is 32.1. The lowest BCUT2D eigenvalue weighted by molar-refractivity contribution is 0.0934. The monoisotopic (exact) mass is 433 g/mol. The molecule has 0 aliphatic carbocycles. The van der Waals surface area contributed by atoms with Crippen LogP contribution in [0.4, 0.5) is 0 Å². The van der Waals surface area contributed by atoms with Gasteiger partial charge in [-0.25, -0.2) is 0 Å². The fraction of sp³-hybridized carbons (Fsp3) is 0.125. The number of carbonyl (C=O) groups excluding carboxylic acids is 2. The van der Waals surface area contributed by atoms with Crippen molar-refractivity contribution in [2.75, 3.05) is 6.61 Å². The second-order valence-electron chi connectivity index (χ2n) is 6.84. The second-order valence-corrected chi connectivity index (χ2v) is 7.25. The van der Waals surface area contributed by atoms with Gasteiger partial charge in [-0.15, -0.1) is 0 Å². The van der Waals surface area contributed by atoms with E-state index in [9.17, 15) is 9.59 Å². The predicted octanol–water partition coefficient (Wildman–Crippen LogP) is 3.57. The first-order valence-electron chi connectivity index (χ1n) is 9.76. The third kappa shape index (κ3) is 6.94. The Kier molecular flexibility index (Phi) is 7.73. The molecule has 7 heteroatoms. The van der Waals surface area contributed by atoms with Crippen LogP contribution < -0.4 is 20.9 Å². The smallest absolute Gasteiger partial charge is 0.269 e. The quantitative estimate of drug-likeness (QED) is 0.409. The van der Waals surface area contributed by atoms with E-state index in [1.54, 1.807) is 36.4 Å². The topological polar surface area (TPSA) is 79.5 Å². The van der Waals surface area contributed by atoms with E-state index in [1.165, 1.54) is 5.56 Å². The minimum atomic E-state index is -0.391. The molecule has 0 unspecified atom stereocenters. The van der Waals surface area contributed by atoms with Crippen LogP contribution in [-0.4, -0.2) is 23.5 Å². The summed E-state index contributed by atoms with van der Waals surface area (Å²) < 4.78 is 5.72. The summed E-state index contributed by atoms with van der Waals surface area (Å²) in [6.07, 6.45) is 0.803. The highest BCUT2D eigenvalue weighted by Gasteiger charge is 2.10. The van der Waals surface area contributed by atoms with E-state index < -0.39 is 5.91 Å². The first-order chi connectivity index (χ1) is 15.0. The van der Waals surface area contributed by atoms with Crippen molar-refractivity contribution < 1.29 is 14.3 Å². The van der Waals surface area contributed by atoms with Crippen LogP contribution in [0.3, 0.4) is 0 Å². The molecule has 0 aliphatic rings. The van der Waals surface area contributed by atoms with Gasteiger partial charge < -0.3 is 4.74 Å². The van der Waals surface area contributed by atoms with Crippen LogP contribution >= 0.6 is 12.2 Å². The van der Waals surface area contributed by atoms with Gasteiger partial charge >= 0.3 is 0 Å². The van der Waals surface area contributed by atoms with Crippen molar-refractivity contribution in [1.82, 2.24) is 16.2 Å². The van der Waals surface area contributed by atoms with E-state index in [-0.39, 0.29) is 11.0 Å². The average molecular weight is 434 g/mol. The van der Waals surface area contributed by atoms with Crippen molar-refractivity contribution in [2.24, 2.45) is 0 Å². The SMILES string of the molecule is Cc1ccc(C(=O)NNC(=S)NC(=O)c2ccc(OCCc3ccccc3)cc2)cc1. The molecule has 158 valence electrons. The minimum Gasteiger partial charge on any atom is -0.493 e. The Morgan fingerprint density at radius 1 is 0.806 bits per heavy atom. The molecule has 2 amide bonds. The Morgan fingerprint density at radius 2 is 1.42 bits per heavy atom. The number of hydrazine groups is 1. The van der Waals surface area contributed by atoms with Crippen LogP contribution in [0.25, 0.3) is 0 Å². The van der Waals surface area contributed by atoms with Crippen LogP contribution in [-0.2, 0) is 6.42 Å². The van der Waals surface area contributed by atoms with Crippen molar-refractivity contribution in [3.8, 4) is 5.75 Å². The largest absolute Gasteiger partial charge is 0.493 e. The van der Waals surface area contributed by atoms with Gasteiger partial charge in [-0.2, -0.15) is 0 Å². The van der Waals surface area contributed by atoms with Gasteiger partial charge in [-0.3, -0.25) is 25.8 Å². The number of hydrogen-bond donors (Lipinski definition) is 3. The first-order valence-corrected chi connectivity index (χ1v) is 10.2. The van der Waals surface area contributed by atoms with Crippen molar-refractivity contribution in [1.29, 1.82) is 0 Å². The normalized spacial score (nSPS) is 10.1. The standard InChI is InChI=1S/C24H23N3O3S/c1-17-7-9-20(10-8-17)23(29)26-27-24(31)25-22(28)19-11-13-21(14-12-19)30-16-15-18-5-3-2-4-6-18/h2-14H,15-16H2,1H3,(H,26,29)(H2,25,27,28,31). The summed E-state index contributed by atoms with van der Waals surface area (Å²) >= 11 is 5.07. The maximum absolute atomic E-state index is 12.3. The van der Waals surface area contributed by atoms with E-state index in [0.717, 1.165) is 12.0 Å². The molecule has 0 atom stereocenters. The molecule has 0 aliphatic heterocycles. The van der Waals surface area contributed by atoms with Gasteiger partial charge in [-0.1, -0.05) is 48.0 Å². The lowest BCUT2D eigenvalue weighted by Crippen LogP contribution is -2.48. The molecule has 0 saturated carbocycles. The molecule has 0 heterocycles. The van der Waals surface area contributed by atoms with Gasteiger partial charge in [-0.05, 0) is 61.1 Å². The molecular weight excluding hydrogens is 410 g/mol. The molecule has 3 N–H and O–H groups in total. The third-order valence-electron chi connectivity index (χ3n) is 4.45. The van der Waals surface area contributed by atoms with Crippen molar-refractivity contribution in [2.45, 2.75) is 13.3 Å². The Morgan fingerprint density at radius 3 is 2.10 bits per heavy atom. The zero-order valence-electron chi connectivity index (χ0n) is 17.1. The summed E-state index contributed by atoms with van der Waals surface area (Å²) in [5.41, 5.74) is 8.14. The number of thiocarbonyl (C=S) groups is 1. The van der Waals surface area contributed by atoms with Crippen LogP contribution in [0.15, 0.2) is 78.9 Å². The molecule has 6 nitrogen and oxygen atoms in total. The summed E-state index contributed by atoms with van der Waals surface area (Å²) in [4.78, 5) is 24.4. The lowest BCUT2D eigenvalue weighted by Gasteiger charge is -2.11. The number of benzene rings is 3. The van der Waals surface area contributed by atoms with Crippen LogP contribution in [0.2, 0.25) is 0 Å². The molecule has 0 spiro atoms. The maximum atomic E-state index is 12.3. The number of carbonyl (C=O) groups is 2. The Bertz CT molecular complexity index is 1040. The zero-order valence-corrected chi connectivity index (χ0v) is 17.9. The van der Waals surface area contributed by atoms with Gasteiger partial charge in [0.2, 0.25) is 0 Å². The highest BCUT2D eigenvalue weighted by Crippen LogP contribution is 2.13. The predicted molar refractivity (Wildman–Crippen MR) is 124 cm³/mol. The van der Waals surface area contributed by atoms with E-state index in [0.29, 0.717) is 23.5 Å². The van der Waals surface area contributed by atoms with Crippen molar-refractivity contribution in [3.63, 3.8) is 0 Å². The summed E-state index contributed by atoms with van der Waals surface area (Å²) in [5.74, 6) is -0.0648. The van der Waals surface area contributed by atoms with Crippen molar-refractivity contribution in [3.05, 3.63) is 101 Å². The van der Waals surface area contributed by atoms with Crippen LogP contribution in [0, 0.1) is 6.92 Å². The Hall–Kier alpha value is -3.71. The molecule has 0 fully saturated rings. The number of nitrogens with one attached hydrogen (secondary N) is 3. The van der Waals surface area contributed by atoms with Gasteiger partial charge in [0.25, 0.3) is 11.8 Å². The van der Waals surface area contributed by atoms with Crippen LogP contribution in [0.5, 0.6) is 5.75 Å². The summed E-state index contributed by atoms with van der Waals surface area (Å²) in [6, 6.07) is 23.9. The molecule has 3 aromatic rings. The van der Waals surface area contributed by atoms with Gasteiger partial charge in [0.15, 0.2) is 5.11 Å². The Balaban J connectivity index is 1.42. The van der Waals surface area contributed by atoms with E-state index >= 15 is 0 Å². The fourth-order valence-corrected chi connectivity index (χ4v) is 2.87. The Labute approximate surface area is 186 Å². The summed E-state index contributed by atoms with van der Waals surface area (Å²) in [5, 5.41) is 2.52. The number of rotatable bonds is 6. The molecule has 0 bridgehead atoms. The number of ether oxygens (including phenoxy) is 1. The molecule has 0 saturated heterocycles. The van der Waals surface area contributed by atoms with E-state index in [1.807, 2.05) is 37.3 Å². The van der Waals surface area contributed by atoms with E-state index in [2.05, 4.69) is 28.3 Å². The molecule has 0 radical (unpaired) electrons. The van der Waals surface area contributed by atoms with Gasteiger partial charge in [0.05, 0.1) is 6.61 Å². The van der Waals surface area contributed by atoms with E-state index in [4.69, 9.17) is 17.0 Å². The minimum absolute atomic E-state index is 0.00588. The molecule has 3 rings (SSSR count). The number of hydrogen-bond acceptors (Lipinski definition) is 4. The van der Waals surface area contributed by atoms with Gasteiger partial charge in [0, 0.05) is 17.5 Å². The highest BCUT2D eigenvalue weighted by molar-refractivity contribution is 7.80. The number of amides is 2. The zero-order chi connectivity index (χ0) is 22.1. The first kappa shape index (κ1) is 22.0. The third-order valence-corrected chi connectivity index (χ3v) is 4.65. The summed E-state index contributed by atoms with van der Waals surface area (Å²) in [7, 11) is 0. The fourth-order valence-electron chi connectivity index (χ4n) is 2.73. The maximum Gasteiger partial charge on any atom is 0.269 e. The summed E-state index contributed by atoms with van der Waals surface area (Å²) in [6.45, 7) is 2.48. The molecule has 0 aromatic heterocycles. The second kappa shape index (κ2) is 10.9. The van der Waals surface area contributed by atoms with Crippen LogP contribution in [0.1, 0.15) is 31.8 Å². The molecule has 3 aromatic carbocycles. The number of aryl methyl sites for hydroxylation is 1. The lowest BCUT2D eigenvalue weighted by atomic mass is 10.1. The molecule has 31 heavy (non-hydrogen) atoms. The average Bonchev–Trinajstić information content (AvgIpc) is 2.79. The van der Waals surface area contributed by atoms with Crippen molar-refractivity contribution >= 4 is 29.1 Å². The van der Waals surface area contributed by atoms with Gasteiger partial charge in [0.1, 0.15) is 5.75 Å². The molecular formula is C24H23N3O3S.